The minimum absolute atomic E-state index is 0.0300. The highest BCUT2D eigenvalue weighted by Gasteiger charge is 2.26. The van der Waals surface area contributed by atoms with Gasteiger partial charge in [-0.15, -0.1) is 0 Å². The maximum absolute atomic E-state index is 11.6. The van der Waals surface area contributed by atoms with Crippen molar-refractivity contribution in [1.82, 2.24) is 5.32 Å². The lowest BCUT2D eigenvalue weighted by atomic mass is 10.0. The molecule has 0 aromatic heterocycles. The van der Waals surface area contributed by atoms with Gasteiger partial charge in [0.15, 0.2) is 6.04 Å². The standard InChI is InChI=1S/C11H22N2O4/c1-4-17-11(16)9(12)10(15)13-8(5-6-14)7(2)3/h7-9,14H,4-6,12H2,1-3H3,(H,13,15). The molecule has 0 saturated carbocycles. The maximum atomic E-state index is 11.6. The van der Waals surface area contributed by atoms with E-state index < -0.39 is 17.9 Å². The number of aliphatic hydroxyl groups excluding tert-OH is 1. The molecular formula is C11H22N2O4. The van der Waals surface area contributed by atoms with E-state index in [-0.39, 0.29) is 25.2 Å². The van der Waals surface area contributed by atoms with Gasteiger partial charge in [0.2, 0.25) is 5.91 Å². The number of amides is 1. The van der Waals surface area contributed by atoms with Crippen LogP contribution in [0.15, 0.2) is 0 Å². The number of esters is 1. The highest BCUT2D eigenvalue weighted by molar-refractivity contribution is 6.01. The number of hydrogen-bond acceptors (Lipinski definition) is 5. The van der Waals surface area contributed by atoms with Crippen LogP contribution in [-0.4, -0.2) is 42.3 Å². The molecule has 0 radical (unpaired) electrons. The summed E-state index contributed by atoms with van der Waals surface area (Å²) < 4.78 is 4.65. The predicted molar refractivity (Wildman–Crippen MR) is 63.1 cm³/mol. The van der Waals surface area contributed by atoms with Crippen LogP contribution in [0.25, 0.3) is 0 Å². The number of nitrogens with one attached hydrogen (secondary N) is 1. The lowest BCUT2D eigenvalue weighted by Gasteiger charge is -2.22. The Bertz CT molecular complexity index is 256. The van der Waals surface area contributed by atoms with Crippen molar-refractivity contribution in [3.05, 3.63) is 0 Å². The Morgan fingerprint density at radius 2 is 2.00 bits per heavy atom. The second-order valence-corrected chi connectivity index (χ2v) is 4.10. The fraction of sp³-hybridized carbons (Fsp3) is 0.818. The second kappa shape index (κ2) is 8.03. The van der Waals surface area contributed by atoms with Crippen molar-refractivity contribution >= 4 is 11.9 Å². The molecule has 6 heteroatoms. The summed E-state index contributed by atoms with van der Waals surface area (Å²) in [5.41, 5.74) is 5.44. The number of hydrogen-bond donors (Lipinski definition) is 3. The van der Waals surface area contributed by atoms with Gasteiger partial charge >= 0.3 is 5.97 Å². The van der Waals surface area contributed by atoms with Crippen LogP contribution >= 0.6 is 0 Å². The van der Waals surface area contributed by atoms with Crippen molar-refractivity contribution < 1.29 is 19.4 Å². The maximum Gasteiger partial charge on any atom is 0.332 e. The minimum Gasteiger partial charge on any atom is -0.464 e. The molecule has 0 aromatic carbocycles. The van der Waals surface area contributed by atoms with Gasteiger partial charge in [0.05, 0.1) is 6.61 Å². The molecule has 0 fully saturated rings. The van der Waals surface area contributed by atoms with Crippen molar-refractivity contribution in [3.63, 3.8) is 0 Å². The summed E-state index contributed by atoms with van der Waals surface area (Å²) in [6.07, 6.45) is 0.430. The number of nitrogens with two attached hydrogens (primary N) is 1. The summed E-state index contributed by atoms with van der Waals surface area (Å²) in [5, 5.41) is 11.5. The van der Waals surface area contributed by atoms with E-state index in [2.05, 4.69) is 10.1 Å². The molecule has 0 aliphatic heterocycles. The van der Waals surface area contributed by atoms with Gasteiger partial charge in [0.1, 0.15) is 0 Å². The normalized spacial score (nSPS) is 14.2. The zero-order valence-electron chi connectivity index (χ0n) is 10.6. The van der Waals surface area contributed by atoms with E-state index in [1.54, 1.807) is 6.92 Å². The summed E-state index contributed by atoms with van der Waals surface area (Å²) in [6, 6.07) is -1.51. The molecule has 0 aliphatic rings. The number of rotatable bonds is 7. The molecule has 6 nitrogen and oxygen atoms in total. The molecule has 0 aromatic rings. The number of carbonyl (C=O) groups excluding carboxylic acids is 2. The van der Waals surface area contributed by atoms with Gasteiger partial charge in [0, 0.05) is 12.6 Å². The van der Waals surface area contributed by atoms with E-state index >= 15 is 0 Å². The smallest absolute Gasteiger partial charge is 0.332 e. The molecule has 2 unspecified atom stereocenters. The van der Waals surface area contributed by atoms with Gasteiger partial charge in [-0.1, -0.05) is 13.8 Å². The molecule has 0 rings (SSSR count). The van der Waals surface area contributed by atoms with Gasteiger partial charge in [0.25, 0.3) is 0 Å². The summed E-state index contributed by atoms with van der Waals surface area (Å²) in [4.78, 5) is 22.9. The van der Waals surface area contributed by atoms with E-state index in [1.807, 2.05) is 13.8 Å². The summed E-state index contributed by atoms with van der Waals surface area (Å²) in [5.74, 6) is -1.16. The molecule has 1 amide bonds. The zero-order chi connectivity index (χ0) is 13.4. The molecule has 17 heavy (non-hydrogen) atoms. The van der Waals surface area contributed by atoms with Crippen molar-refractivity contribution in [2.24, 2.45) is 11.7 Å². The first kappa shape index (κ1) is 15.9. The van der Waals surface area contributed by atoms with E-state index in [0.717, 1.165) is 0 Å². The Hall–Kier alpha value is -1.14. The van der Waals surface area contributed by atoms with Crippen molar-refractivity contribution in [1.29, 1.82) is 0 Å². The van der Waals surface area contributed by atoms with Crippen LogP contribution in [0.3, 0.4) is 0 Å². The monoisotopic (exact) mass is 246 g/mol. The quantitative estimate of drug-likeness (QED) is 0.411. The second-order valence-electron chi connectivity index (χ2n) is 4.10. The molecular weight excluding hydrogens is 224 g/mol. The predicted octanol–water partition coefficient (Wildman–Crippen LogP) is -0.600. The van der Waals surface area contributed by atoms with Gasteiger partial charge in [-0.25, -0.2) is 4.79 Å². The Morgan fingerprint density at radius 1 is 1.41 bits per heavy atom. The Morgan fingerprint density at radius 3 is 2.41 bits per heavy atom. The first-order chi connectivity index (χ1) is 7.93. The molecule has 0 saturated heterocycles. The number of carbonyl (C=O) groups is 2. The average molecular weight is 246 g/mol. The van der Waals surface area contributed by atoms with E-state index in [0.29, 0.717) is 6.42 Å². The third-order valence-electron chi connectivity index (χ3n) is 2.40. The summed E-state index contributed by atoms with van der Waals surface area (Å²) in [7, 11) is 0. The third kappa shape index (κ3) is 5.65. The van der Waals surface area contributed by atoms with Crippen molar-refractivity contribution in [2.45, 2.75) is 39.3 Å². The first-order valence-electron chi connectivity index (χ1n) is 5.77. The first-order valence-corrected chi connectivity index (χ1v) is 5.77. The molecule has 0 spiro atoms. The van der Waals surface area contributed by atoms with Crippen LogP contribution in [0.4, 0.5) is 0 Å². The van der Waals surface area contributed by atoms with Gasteiger partial charge in [-0.2, -0.15) is 0 Å². The molecule has 2 atom stereocenters. The Labute approximate surface area is 102 Å². The van der Waals surface area contributed by atoms with Crippen LogP contribution < -0.4 is 11.1 Å². The van der Waals surface area contributed by atoms with Gasteiger partial charge in [-0.3, -0.25) is 4.79 Å². The highest BCUT2D eigenvalue weighted by atomic mass is 16.5. The molecule has 0 bridgehead atoms. The Kier molecular flexibility index (Phi) is 7.49. The van der Waals surface area contributed by atoms with Crippen LogP contribution in [-0.2, 0) is 14.3 Å². The van der Waals surface area contributed by atoms with Crippen LogP contribution in [0.2, 0.25) is 0 Å². The molecule has 0 heterocycles. The topological polar surface area (TPSA) is 102 Å². The van der Waals surface area contributed by atoms with Crippen molar-refractivity contribution in [2.75, 3.05) is 13.2 Å². The molecule has 4 N–H and O–H groups in total. The number of ether oxygens (including phenoxy) is 1. The minimum atomic E-state index is -1.31. The summed E-state index contributed by atoms with van der Waals surface area (Å²) >= 11 is 0. The van der Waals surface area contributed by atoms with Crippen LogP contribution in [0.5, 0.6) is 0 Å². The van der Waals surface area contributed by atoms with Gasteiger partial charge in [-0.05, 0) is 19.3 Å². The van der Waals surface area contributed by atoms with Crippen molar-refractivity contribution in [3.8, 4) is 0 Å². The summed E-state index contributed by atoms with van der Waals surface area (Å²) in [6.45, 7) is 5.63. The molecule has 100 valence electrons. The van der Waals surface area contributed by atoms with Crippen LogP contribution in [0, 0.1) is 5.92 Å². The van der Waals surface area contributed by atoms with E-state index in [9.17, 15) is 9.59 Å². The average Bonchev–Trinajstić information content (AvgIpc) is 2.27. The highest BCUT2D eigenvalue weighted by Crippen LogP contribution is 2.05. The van der Waals surface area contributed by atoms with Gasteiger partial charge < -0.3 is 20.9 Å². The SMILES string of the molecule is CCOC(=O)C(N)C(=O)NC(CCO)C(C)C. The van der Waals surface area contributed by atoms with Crippen LogP contribution in [0.1, 0.15) is 27.2 Å². The largest absolute Gasteiger partial charge is 0.464 e. The lowest BCUT2D eigenvalue weighted by molar-refractivity contribution is -0.148. The zero-order valence-corrected chi connectivity index (χ0v) is 10.6. The van der Waals surface area contributed by atoms with E-state index in [4.69, 9.17) is 10.8 Å². The van der Waals surface area contributed by atoms with E-state index in [1.165, 1.54) is 0 Å². The fourth-order valence-electron chi connectivity index (χ4n) is 1.32. The number of aliphatic hydroxyl groups is 1. The fourth-order valence-corrected chi connectivity index (χ4v) is 1.32. The lowest BCUT2D eigenvalue weighted by Crippen LogP contribution is -2.51. The third-order valence-corrected chi connectivity index (χ3v) is 2.40. The molecule has 0 aliphatic carbocycles. The Balaban J connectivity index is 4.34.